The molecule has 0 amide bonds. The van der Waals surface area contributed by atoms with Crippen molar-refractivity contribution >= 4 is 16.8 Å². The van der Waals surface area contributed by atoms with Gasteiger partial charge in [0.2, 0.25) is 0 Å². The van der Waals surface area contributed by atoms with E-state index in [2.05, 4.69) is 4.98 Å². The van der Waals surface area contributed by atoms with Crippen molar-refractivity contribution in [1.29, 1.82) is 0 Å². The van der Waals surface area contributed by atoms with Gasteiger partial charge in [0, 0.05) is 12.1 Å². The molecule has 1 heterocycles. The second-order valence-electron chi connectivity index (χ2n) is 3.41. The van der Waals surface area contributed by atoms with E-state index in [4.69, 9.17) is 4.42 Å². The Balaban J connectivity index is 0.000000134. The zero-order chi connectivity index (χ0) is 12.8. The molecule has 0 bridgehead atoms. The average Bonchev–Trinajstić information content (AvgIpc) is 2.89. The van der Waals surface area contributed by atoms with Crippen molar-refractivity contribution in [3.05, 3.63) is 71.1 Å². The number of nitro groups is 1. The Morgan fingerprint density at radius 2 is 1.67 bits per heavy atom. The summed E-state index contributed by atoms with van der Waals surface area (Å²) in [5.41, 5.74) is 1.90. The third-order valence-electron chi connectivity index (χ3n) is 2.20. The van der Waals surface area contributed by atoms with Crippen LogP contribution in [0.4, 0.5) is 5.69 Å². The fourth-order valence-corrected chi connectivity index (χ4v) is 1.35. The molecule has 18 heavy (non-hydrogen) atoms. The molecule has 0 aliphatic carbocycles. The van der Waals surface area contributed by atoms with E-state index in [1.165, 1.54) is 18.5 Å². The lowest BCUT2D eigenvalue weighted by atomic mass is 10.3. The zero-order valence-electron chi connectivity index (χ0n) is 9.39. The summed E-state index contributed by atoms with van der Waals surface area (Å²) in [6, 6.07) is 15.6. The molecule has 0 aliphatic heterocycles. The molecule has 0 fully saturated rings. The van der Waals surface area contributed by atoms with Crippen LogP contribution < -0.4 is 0 Å². The number of hydrogen-bond donors (Lipinski definition) is 0. The standard InChI is InChI=1S/C7H5NO.C6H5NO2/c1-2-4-7-6(3-1)8-5-9-7;8-7(9)6-4-2-1-3-5-6/h2*1-5H. The van der Waals surface area contributed by atoms with Crippen LogP contribution in [0.25, 0.3) is 11.1 Å². The van der Waals surface area contributed by atoms with Gasteiger partial charge in [0.15, 0.2) is 12.0 Å². The minimum absolute atomic E-state index is 0.137. The van der Waals surface area contributed by atoms with Crippen LogP contribution in [0, 0.1) is 10.1 Å². The molecular formula is C13H10N2O3. The summed E-state index contributed by atoms with van der Waals surface area (Å²) in [6.45, 7) is 0. The lowest BCUT2D eigenvalue weighted by Gasteiger charge is -1.85. The predicted octanol–water partition coefficient (Wildman–Crippen LogP) is 3.42. The lowest BCUT2D eigenvalue weighted by Crippen LogP contribution is -1.84. The molecule has 5 heteroatoms. The molecular weight excluding hydrogens is 232 g/mol. The first kappa shape index (κ1) is 11.8. The first-order valence-corrected chi connectivity index (χ1v) is 5.25. The van der Waals surface area contributed by atoms with E-state index in [1.807, 2.05) is 24.3 Å². The van der Waals surface area contributed by atoms with Crippen LogP contribution >= 0.6 is 0 Å². The smallest absolute Gasteiger partial charge is 0.269 e. The van der Waals surface area contributed by atoms with Gasteiger partial charge in [-0.15, -0.1) is 0 Å². The number of aromatic nitrogens is 1. The van der Waals surface area contributed by atoms with Gasteiger partial charge in [-0.05, 0) is 12.1 Å². The Labute approximate surface area is 103 Å². The number of oxazole rings is 1. The highest BCUT2D eigenvalue weighted by Crippen LogP contribution is 2.09. The predicted molar refractivity (Wildman–Crippen MR) is 67.1 cm³/mol. The van der Waals surface area contributed by atoms with Crippen LogP contribution in [-0.2, 0) is 0 Å². The molecule has 0 radical (unpaired) electrons. The van der Waals surface area contributed by atoms with Gasteiger partial charge in [-0.3, -0.25) is 10.1 Å². The third-order valence-corrected chi connectivity index (χ3v) is 2.20. The van der Waals surface area contributed by atoms with E-state index in [9.17, 15) is 10.1 Å². The van der Waals surface area contributed by atoms with Crippen molar-refractivity contribution in [3.8, 4) is 0 Å². The molecule has 3 aromatic rings. The van der Waals surface area contributed by atoms with E-state index < -0.39 is 4.92 Å². The summed E-state index contributed by atoms with van der Waals surface area (Å²) in [5.74, 6) is 0. The second-order valence-corrected chi connectivity index (χ2v) is 3.41. The highest BCUT2D eigenvalue weighted by atomic mass is 16.6. The van der Waals surface area contributed by atoms with Gasteiger partial charge in [0.1, 0.15) is 5.52 Å². The van der Waals surface area contributed by atoms with E-state index in [0.717, 1.165) is 11.1 Å². The van der Waals surface area contributed by atoms with Crippen molar-refractivity contribution in [2.75, 3.05) is 0 Å². The maximum atomic E-state index is 10.0. The minimum atomic E-state index is -0.417. The molecule has 0 saturated carbocycles. The largest absolute Gasteiger partial charge is 0.443 e. The lowest BCUT2D eigenvalue weighted by molar-refractivity contribution is -0.384. The van der Waals surface area contributed by atoms with Gasteiger partial charge in [-0.1, -0.05) is 30.3 Å². The summed E-state index contributed by atoms with van der Waals surface area (Å²) in [5, 5.41) is 10.0. The summed E-state index contributed by atoms with van der Waals surface area (Å²) in [6.07, 6.45) is 1.45. The Hall–Kier alpha value is -2.69. The Kier molecular flexibility index (Phi) is 3.66. The van der Waals surface area contributed by atoms with Crippen LogP contribution in [0.1, 0.15) is 0 Å². The number of nitrogens with zero attached hydrogens (tertiary/aromatic N) is 2. The first-order chi connectivity index (χ1) is 8.77. The maximum absolute atomic E-state index is 10.0. The average molecular weight is 242 g/mol. The second kappa shape index (κ2) is 5.58. The van der Waals surface area contributed by atoms with Gasteiger partial charge in [0.25, 0.3) is 5.69 Å². The fraction of sp³-hybridized carbons (Fsp3) is 0. The zero-order valence-corrected chi connectivity index (χ0v) is 9.39. The van der Waals surface area contributed by atoms with Crippen molar-refractivity contribution in [2.24, 2.45) is 0 Å². The fourth-order valence-electron chi connectivity index (χ4n) is 1.35. The summed E-state index contributed by atoms with van der Waals surface area (Å²) >= 11 is 0. The summed E-state index contributed by atoms with van der Waals surface area (Å²) in [4.78, 5) is 13.5. The number of hydrogen-bond acceptors (Lipinski definition) is 4. The van der Waals surface area contributed by atoms with Crippen LogP contribution in [0.5, 0.6) is 0 Å². The first-order valence-electron chi connectivity index (χ1n) is 5.25. The van der Waals surface area contributed by atoms with E-state index >= 15 is 0 Å². The van der Waals surface area contributed by atoms with E-state index in [-0.39, 0.29) is 5.69 Å². The molecule has 0 aliphatic rings. The number of nitro benzene ring substituents is 1. The number of rotatable bonds is 1. The molecule has 0 atom stereocenters. The minimum Gasteiger partial charge on any atom is -0.443 e. The van der Waals surface area contributed by atoms with Gasteiger partial charge in [-0.25, -0.2) is 4.98 Å². The highest BCUT2D eigenvalue weighted by molar-refractivity contribution is 5.71. The molecule has 0 N–H and O–H groups in total. The van der Waals surface area contributed by atoms with Gasteiger partial charge >= 0.3 is 0 Å². The van der Waals surface area contributed by atoms with Crippen molar-refractivity contribution in [3.63, 3.8) is 0 Å². The molecule has 3 rings (SSSR count). The van der Waals surface area contributed by atoms with Crippen LogP contribution in [0.3, 0.4) is 0 Å². The molecule has 0 saturated heterocycles. The van der Waals surface area contributed by atoms with Crippen LogP contribution in [-0.4, -0.2) is 9.91 Å². The van der Waals surface area contributed by atoms with Crippen molar-refractivity contribution in [2.45, 2.75) is 0 Å². The summed E-state index contributed by atoms with van der Waals surface area (Å²) in [7, 11) is 0. The number of para-hydroxylation sites is 3. The van der Waals surface area contributed by atoms with Gasteiger partial charge < -0.3 is 4.42 Å². The normalized spacial score (nSPS) is 9.56. The van der Waals surface area contributed by atoms with E-state index in [1.54, 1.807) is 18.2 Å². The quantitative estimate of drug-likeness (QED) is 0.484. The Morgan fingerprint density at radius 1 is 1.00 bits per heavy atom. The monoisotopic (exact) mass is 242 g/mol. The topological polar surface area (TPSA) is 69.2 Å². The number of benzene rings is 2. The maximum Gasteiger partial charge on any atom is 0.269 e. The Morgan fingerprint density at radius 3 is 2.28 bits per heavy atom. The molecule has 5 nitrogen and oxygen atoms in total. The van der Waals surface area contributed by atoms with Crippen LogP contribution in [0.2, 0.25) is 0 Å². The SMILES string of the molecule is O=[N+]([O-])c1ccccc1.c1ccc2ocnc2c1. The van der Waals surface area contributed by atoms with Crippen LogP contribution in [0.15, 0.2) is 65.4 Å². The molecule has 1 aromatic heterocycles. The molecule has 0 unspecified atom stereocenters. The molecule has 90 valence electrons. The summed E-state index contributed by atoms with van der Waals surface area (Å²) < 4.78 is 5.01. The highest BCUT2D eigenvalue weighted by Gasteiger charge is 1.98. The van der Waals surface area contributed by atoms with Gasteiger partial charge in [0.05, 0.1) is 4.92 Å². The number of fused-ring (bicyclic) bond motifs is 1. The van der Waals surface area contributed by atoms with Crippen molar-refractivity contribution < 1.29 is 9.34 Å². The number of non-ortho nitro benzene ring substituents is 1. The molecule has 2 aromatic carbocycles. The van der Waals surface area contributed by atoms with E-state index in [0.29, 0.717) is 0 Å². The van der Waals surface area contributed by atoms with Gasteiger partial charge in [-0.2, -0.15) is 0 Å². The molecule has 0 spiro atoms. The van der Waals surface area contributed by atoms with Crippen molar-refractivity contribution in [1.82, 2.24) is 4.98 Å². The third kappa shape index (κ3) is 2.91. The Bertz CT molecular complexity index is 605.